The summed E-state index contributed by atoms with van der Waals surface area (Å²) in [6.45, 7) is 1.20. The molecule has 1 aromatic carbocycles. The number of hydrogen-bond donors (Lipinski definition) is 1. The number of ketones is 1. The van der Waals surface area contributed by atoms with Crippen molar-refractivity contribution in [3.05, 3.63) is 46.3 Å². The van der Waals surface area contributed by atoms with Crippen molar-refractivity contribution in [2.24, 2.45) is 5.11 Å². The van der Waals surface area contributed by atoms with Crippen molar-refractivity contribution in [3.8, 4) is 0 Å². The molecule has 1 amide bonds. The molecule has 1 N–H and O–H groups in total. The molecule has 0 bridgehead atoms. The highest BCUT2D eigenvalue weighted by Crippen LogP contribution is 2.16. The van der Waals surface area contributed by atoms with Crippen LogP contribution < -0.4 is 5.32 Å². The van der Waals surface area contributed by atoms with Crippen LogP contribution in [0.15, 0.2) is 35.4 Å². The van der Waals surface area contributed by atoms with Crippen molar-refractivity contribution in [1.82, 2.24) is 5.32 Å². The van der Waals surface area contributed by atoms with Crippen LogP contribution in [0.25, 0.3) is 10.4 Å². The Morgan fingerprint density at radius 2 is 2.06 bits per heavy atom. The van der Waals surface area contributed by atoms with Gasteiger partial charge in [0.1, 0.15) is 12.3 Å². The Bertz CT molecular complexity index is 466. The topological polar surface area (TPSA) is 94.9 Å². The van der Waals surface area contributed by atoms with Crippen molar-refractivity contribution in [3.63, 3.8) is 0 Å². The average Bonchev–Trinajstić information content (AvgIpc) is 2.36. The van der Waals surface area contributed by atoms with Gasteiger partial charge in [0.2, 0.25) is 5.91 Å². The number of Topliss-reactive ketones (excluding diaryl/α,β-unsaturated/α-hetero) is 1. The van der Waals surface area contributed by atoms with Crippen LogP contribution in [0, 0.1) is 0 Å². The lowest BCUT2D eigenvalue weighted by molar-refractivity contribution is -0.121. The van der Waals surface area contributed by atoms with E-state index < -0.39 is 5.91 Å². The summed E-state index contributed by atoms with van der Waals surface area (Å²) < 4.78 is 0. The van der Waals surface area contributed by atoms with E-state index in [1.54, 1.807) is 0 Å². The number of benzene rings is 1. The molecule has 0 unspecified atom stereocenters. The summed E-state index contributed by atoms with van der Waals surface area (Å²) in [6.07, 6.45) is 0.214. The van der Waals surface area contributed by atoms with E-state index in [0.717, 1.165) is 5.56 Å². The van der Waals surface area contributed by atoms with Gasteiger partial charge in [-0.25, -0.2) is 0 Å². The molecule has 0 saturated carbocycles. The van der Waals surface area contributed by atoms with Crippen LogP contribution in [0.5, 0.6) is 0 Å². The summed E-state index contributed by atoms with van der Waals surface area (Å²) in [7, 11) is 0. The number of carbonyl (C=O) groups excluding carboxylic acids is 2. The van der Waals surface area contributed by atoms with E-state index in [1.807, 2.05) is 30.3 Å². The molecule has 1 atom stereocenters. The second kappa shape index (κ2) is 7.09. The van der Waals surface area contributed by atoms with E-state index >= 15 is 0 Å². The molecule has 94 valence electrons. The fourth-order valence-electron chi connectivity index (χ4n) is 1.56. The molecule has 6 heteroatoms. The van der Waals surface area contributed by atoms with Gasteiger partial charge in [0.05, 0.1) is 6.04 Å². The van der Waals surface area contributed by atoms with Crippen LogP contribution in [-0.4, -0.2) is 18.2 Å². The van der Waals surface area contributed by atoms with Crippen LogP contribution in [0.3, 0.4) is 0 Å². The molecule has 0 aliphatic carbocycles. The molecule has 1 aromatic rings. The quantitative estimate of drug-likeness (QED) is 0.472. The molecule has 0 radical (unpaired) electrons. The maximum Gasteiger partial charge on any atom is 0.226 e. The van der Waals surface area contributed by atoms with Gasteiger partial charge in [0.25, 0.3) is 0 Å². The molecular formula is C12H14N4O2. The molecular weight excluding hydrogens is 232 g/mol. The van der Waals surface area contributed by atoms with Crippen LogP contribution >= 0.6 is 0 Å². The Morgan fingerprint density at radius 1 is 1.39 bits per heavy atom. The van der Waals surface area contributed by atoms with E-state index in [0.29, 0.717) is 0 Å². The van der Waals surface area contributed by atoms with Crippen molar-refractivity contribution >= 4 is 11.7 Å². The second-order valence-electron chi connectivity index (χ2n) is 3.83. The van der Waals surface area contributed by atoms with Crippen molar-refractivity contribution in [1.29, 1.82) is 0 Å². The minimum Gasteiger partial charge on any atom is -0.349 e. The molecule has 0 saturated heterocycles. The number of azide groups is 1. The lowest BCUT2D eigenvalue weighted by Gasteiger charge is -2.17. The van der Waals surface area contributed by atoms with Crippen LogP contribution in [0.2, 0.25) is 0 Å². The fourth-order valence-corrected chi connectivity index (χ4v) is 1.56. The van der Waals surface area contributed by atoms with E-state index in [1.165, 1.54) is 6.92 Å². The SMILES string of the molecule is CC(=O)C[C@@H](NC(=O)CN=[N+]=[N-])c1ccccc1. The molecule has 0 spiro atoms. The first kappa shape index (κ1) is 13.7. The highest BCUT2D eigenvalue weighted by molar-refractivity contribution is 5.81. The lowest BCUT2D eigenvalue weighted by atomic mass is 10.0. The minimum absolute atomic E-state index is 0.0204. The van der Waals surface area contributed by atoms with E-state index in [9.17, 15) is 9.59 Å². The maximum absolute atomic E-state index is 11.5. The van der Waals surface area contributed by atoms with Crippen LogP contribution in [-0.2, 0) is 9.59 Å². The second-order valence-corrected chi connectivity index (χ2v) is 3.83. The summed E-state index contributed by atoms with van der Waals surface area (Å²) in [5.41, 5.74) is 8.99. The van der Waals surface area contributed by atoms with E-state index in [4.69, 9.17) is 5.53 Å². The standard InChI is InChI=1S/C12H14N4O2/c1-9(17)7-11(10-5-3-2-4-6-10)15-12(18)8-14-16-13/h2-6,11H,7-8H2,1H3,(H,15,18)/t11-/m1/s1. The summed E-state index contributed by atoms with van der Waals surface area (Å²) in [5.74, 6) is -0.421. The number of rotatable bonds is 6. The molecule has 0 heterocycles. The van der Waals surface area contributed by atoms with Crippen molar-refractivity contribution in [2.75, 3.05) is 6.54 Å². The zero-order valence-electron chi connectivity index (χ0n) is 10.0. The largest absolute Gasteiger partial charge is 0.349 e. The van der Waals surface area contributed by atoms with Gasteiger partial charge in [-0.2, -0.15) is 0 Å². The molecule has 6 nitrogen and oxygen atoms in total. The Balaban J connectivity index is 2.76. The number of nitrogens with zero attached hydrogens (tertiary/aromatic N) is 3. The summed E-state index contributed by atoms with van der Waals surface area (Å²) in [6, 6.07) is 8.81. The van der Waals surface area contributed by atoms with Crippen molar-refractivity contribution < 1.29 is 9.59 Å². The van der Waals surface area contributed by atoms with Crippen LogP contribution in [0.4, 0.5) is 0 Å². The number of amides is 1. The maximum atomic E-state index is 11.5. The molecule has 0 fully saturated rings. The smallest absolute Gasteiger partial charge is 0.226 e. The monoisotopic (exact) mass is 246 g/mol. The third-order valence-corrected chi connectivity index (χ3v) is 2.31. The molecule has 1 rings (SSSR count). The first-order chi connectivity index (χ1) is 8.63. The fraction of sp³-hybridized carbons (Fsp3) is 0.333. The first-order valence-electron chi connectivity index (χ1n) is 5.48. The predicted octanol–water partition coefficient (Wildman–Crippen LogP) is 2.13. The summed E-state index contributed by atoms with van der Waals surface area (Å²) >= 11 is 0. The normalized spacial score (nSPS) is 11.2. The van der Waals surface area contributed by atoms with Gasteiger partial charge in [-0.05, 0) is 18.0 Å². The highest BCUT2D eigenvalue weighted by Gasteiger charge is 2.15. The van der Waals surface area contributed by atoms with Gasteiger partial charge in [-0.15, -0.1) is 0 Å². The summed E-state index contributed by atoms with van der Waals surface area (Å²) in [4.78, 5) is 25.2. The number of hydrogen-bond acceptors (Lipinski definition) is 3. The van der Waals surface area contributed by atoms with Crippen LogP contribution in [0.1, 0.15) is 24.9 Å². The van der Waals surface area contributed by atoms with Gasteiger partial charge < -0.3 is 5.32 Å². The Kier molecular flexibility index (Phi) is 5.41. The molecule has 0 aromatic heterocycles. The predicted molar refractivity (Wildman–Crippen MR) is 66.6 cm³/mol. The lowest BCUT2D eigenvalue weighted by Crippen LogP contribution is -2.31. The van der Waals surface area contributed by atoms with Gasteiger partial charge in [0, 0.05) is 11.3 Å². The molecule has 18 heavy (non-hydrogen) atoms. The number of carbonyl (C=O) groups is 2. The third kappa shape index (κ3) is 4.67. The van der Waals surface area contributed by atoms with E-state index in [-0.39, 0.29) is 24.8 Å². The zero-order valence-corrected chi connectivity index (χ0v) is 10.0. The van der Waals surface area contributed by atoms with Crippen molar-refractivity contribution in [2.45, 2.75) is 19.4 Å². The van der Waals surface area contributed by atoms with Gasteiger partial charge in [-0.1, -0.05) is 35.4 Å². The summed E-state index contributed by atoms with van der Waals surface area (Å²) in [5, 5.41) is 5.86. The zero-order chi connectivity index (χ0) is 13.4. The Morgan fingerprint density at radius 3 is 2.61 bits per heavy atom. The van der Waals surface area contributed by atoms with Gasteiger partial charge >= 0.3 is 0 Å². The average molecular weight is 246 g/mol. The third-order valence-electron chi connectivity index (χ3n) is 2.31. The minimum atomic E-state index is -0.400. The molecule has 0 aliphatic heterocycles. The Hall–Kier alpha value is -2.33. The Labute approximate surface area is 105 Å². The number of nitrogens with one attached hydrogen (secondary N) is 1. The van der Waals surface area contributed by atoms with E-state index in [2.05, 4.69) is 15.3 Å². The molecule has 0 aliphatic rings. The van der Waals surface area contributed by atoms with Gasteiger partial charge in [0.15, 0.2) is 0 Å². The highest BCUT2D eigenvalue weighted by atomic mass is 16.2. The first-order valence-corrected chi connectivity index (χ1v) is 5.48. The van der Waals surface area contributed by atoms with Gasteiger partial charge in [-0.3, -0.25) is 9.59 Å².